The summed E-state index contributed by atoms with van der Waals surface area (Å²) in [7, 11) is 0. The van der Waals surface area contributed by atoms with Crippen LogP contribution in [0.2, 0.25) is 0 Å². The summed E-state index contributed by atoms with van der Waals surface area (Å²) in [5.74, 6) is 1.49. The van der Waals surface area contributed by atoms with E-state index < -0.39 is 0 Å². The second-order valence-corrected chi connectivity index (χ2v) is 10.5. The van der Waals surface area contributed by atoms with E-state index in [1.54, 1.807) is 11.8 Å². The van der Waals surface area contributed by atoms with Crippen LogP contribution in [0.25, 0.3) is 33.5 Å². The third-order valence-electron chi connectivity index (χ3n) is 5.93. The van der Waals surface area contributed by atoms with Crippen molar-refractivity contribution in [3.05, 3.63) is 59.9 Å². The van der Waals surface area contributed by atoms with E-state index in [2.05, 4.69) is 86.5 Å². The van der Waals surface area contributed by atoms with E-state index in [9.17, 15) is 5.11 Å². The Kier molecular flexibility index (Phi) is 6.95. The summed E-state index contributed by atoms with van der Waals surface area (Å²) < 4.78 is 2.09. The number of aromatic nitrogens is 8. The summed E-state index contributed by atoms with van der Waals surface area (Å²) >= 11 is 1.61. The number of unbranched alkanes of at least 4 members (excludes halogenated alkanes) is 1. The van der Waals surface area contributed by atoms with Crippen LogP contribution in [0.3, 0.4) is 0 Å². The Labute approximate surface area is 213 Å². The molecule has 0 bridgehead atoms. The number of H-pyrrole nitrogens is 1. The van der Waals surface area contributed by atoms with Crippen molar-refractivity contribution in [1.29, 1.82) is 0 Å². The molecular formula is C26H28N8OS. The molecule has 0 radical (unpaired) electrons. The average Bonchev–Trinajstić information content (AvgIpc) is 3.54. The minimum Gasteiger partial charge on any atom is -0.491 e. The van der Waals surface area contributed by atoms with Gasteiger partial charge in [0.2, 0.25) is 0 Å². The highest BCUT2D eigenvalue weighted by atomic mass is 32.2. The van der Waals surface area contributed by atoms with Crippen LogP contribution in [0.1, 0.15) is 45.0 Å². The molecule has 0 saturated carbocycles. The summed E-state index contributed by atoms with van der Waals surface area (Å²) in [5.41, 5.74) is 5.52. The molecule has 36 heavy (non-hydrogen) atoms. The Morgan fingerprint density at radius 2 is 1.78 bits per heavy atom. The van der Waals surface area contributed by atoms with E-state index in [0.29, 0.717) is 23.1 Å². The van der Waals surface area contributed by atoms with Gasteiger partial charge in [0.1, 0.15) is 21.9 Å². The number of thioether (sulfide) groups is 1. The van der Waals surface area contributed by atoms with Crippen molar-refractivity contribution in [3.8, 4) is 28.4 Å². The maximum Gasteiger partial charge on any atom is 0.257 e. The number of tetrazole rings is 1. The molecule has 0 aliphatic rings. The minimum atomic E-state index is -0.0837. The van der Waals surface area contributed by atoms with Crippen LogP contribution in [-0.2, 0) is 13.0 Å². The summed E-state index contributed by atoms with van der Waals surface area (Å²) in [5, 5.41) is 34.4. The zero-order valence-electron chi connectivity index (χ0n) is 20.5. The van der Waals surface area contributed by atoms with E-state index >= 15 is 0 Å². The lowest BCUT2D eigenvalue weighted by Crippen LogP contribution is -2.06. The molecule has 0 atom stereocenters. The Balaban J connectivity index is 1.51. The number of aromatic hydroxyl groups is 1. The Morgan fingerprint density at radius 3 is 2.47 bits per heavy atom. The average molecular weight is 501 g/mol. The van der Waals surface area contributed by atoms with Crippen LogP contribution in [0, 0.1) is 0 Å². The number of aromatic amines is 1. The predicted molar refractivity (Wildman–Crippen MR) is 141 cm³/mol. The molecule has 3 heterocycles. The Hall–Kier alpha value is -3.79. The lowest BCUT2D eigenvalue weighted by molar-refractivity contribution is 0.446. The molecule has 9 nitrogen and oxygen atoms in total. The second kappa shape index (κ2) is 10.4. The van der Waals surface area contributed by atoms with Crippen LogP contribution < -0.4 is 0 Å². The molecule has 184 valence electrons. The number of aryl methyl sites for hydroxylation is 1. The number of nitrogens with zero attached hydrogens (tertiary/aromatic N) is 7. The zero-order valence-corrected chi connectivity index (χ0v) is 21.3. The summed E-state index contributed by atoms with van der Waals surface area (Å²) in [6.07, 6.45) is 2.91. The van der Waals surface area contributed by atoms with E-state index in [1.807, 2.05) is 18.2 Å². The van der Waals surface area contributed by atoms with Crippen molar-refractivity contribution in [1.82, 2.24) is 40.4 Å². The fourth-order valence-electron chi connectivity index (χ4n) is 4.25. The predicted octanol–water partition coefficient (Wildman–Crippen LogP) is 5.27. The normalized spacial score (nSPS) is 11.6. The monoisotopic (exact) mass is 500 g/mol. The van der Waals surface area contributed by atoms with E-state index in [1.165, 1.54) is 0 Å². The molecular weight excluding hydrogens is 472 g/mol. The summed E-state index contributed by atoms with van der Waals surface area (Å²) in [6.45, 7) is 6.96. The van der Waals surface area contributed by atoms with Crippen LogP contribution >= 0.6 is 11.8 Å². The topological polar surface area (TPSA) is 118 Å². The first-order valence-electron chi connectivity index (χ1n) is 12.1. The largest absolute Gasteiger partial charge is 0.491 e. The zero-order chi connectivity index (χ0) is 25.1. The Bertz CT molecular complexity index is 1460. The molecule has 2 N–H and O–H groups in total. The van der Waals surface area contributed by atoms with Crippen molar-refractivity contribution < 1.29 is 5.11 Å². The summed E-state index contributed by atoms with van der Waals surface area (Å²) in [6, 6.07) is 16.4. The number of nitrogens with one attached hydrogen (secondary N) is 1. The highest BCUT2D eigenvalue weighted by molar-refractivity contribution is 8.00. The van der Waals surface area contributed by atoms with Crippen molar-refractivity contribution >= 4 is 22.8 Å². The number of hydrogen-bond donors (Lipinski definition) is 2. The van der Waals surface area contributed by atoms with Crippen molar-refractivity contribution in [2.75, 3.05) is 0 Å². The highest BCUT2D eigenvalue weighted by Crippen LogP contribution is 2.34. The first-order chi connectivity index (χ1) is 17.5. The van der Waals surface area contributed by atoms with Gasteiger partial charge < -0.3 is 9.67 Å². The third-order valence-corrected chi connectivity index (χ3v) is 6.90. The maximum atomic E-state index is 10.7. The number of benzene rings is 2. The van der Waals surface area contributed by atoms with E-state index in [0.717, 1.165) is 57.9 Å². The van der Waals surface area contributed by atoms with Crippen molar-refractivity contribution in [2.24, 2.45) is 0 Å². The van der Waals surface area contributed by atoms with E-state index in [-0.39, 0.29) is 5.88 Å². The second-order valence-electron chi connectivity index (χ2n) is 8.90. The molecule has 0 unspecified atom stereocenters. The smallest absolute Gasteiger partial charge is 0.257 e. The van der Waals surface area contributed by atoms with Crippen LogP contribution in [-0.4, -0.2) is 50.7 Å². The number of imidazole rings is 1. The molecule has 3 aromatic heterocycles. The van der Waals surface area contributed by atoms with Crippen LogP contribution in [0.15, 0.2) is 53.6 Å². The first-order valence-corrected chi connectivity index (χ1v) is 13.0. The molecule has 0 fully saturated rings. The van der Waals surface area contributed by atoms with Crippen LogP contribution in [0.5, 0.6) is 5.88 Å². The Morgan fingerprint density at radius 1 is 1.00 bits per heavy atom. The van der Waals surface area contributed by atoms with Gasteiger partial charge in [-0.05, 0) is 33.5 Å². The molecule has 2 aromatic carbocycles. The number of fused-ring (bicyclic) bond motifs is 1. The fraction of sp³-hybridized carbons (Fsp3) is 0.308. The minimum absolute atomic E-state index is 0.0837. The van der Waals surface area contributed by atoms with Gasteiger partial charge in [0.25, 0.3) is 5.88 Å². The van der Waals surface area contributed by atoms with Crippen LogP contribution in [0.4, 0.5) is 0 Å². The molecule has 0 aliphatic heterocycles. The number of hydrogen-bond acceptors (Lipinski definition) is 8. The molecule has 5 rings (SSSR count). The van der Waals surface area contributed by atoms with Gasteiger partial charge in [0.15, 0.2) is 5.82 Å². The molecule has 0 aliphatic carbocycles. The molecule has 5 aromatic rings. The van der Waals surface area contributed by atoms with Gasteiger partial charge in [0.05, 0.1) is 0 Å². The summed E-state index contributed by atoms with van der Waals surface area (Å²) in [4.78, 5) is 4.92. The lowest BCUT2D eigenvalue weighted by Gasteiger charge is -2.12. The molecule has 0 saturated heterocycles. The van der Waals surface area contributed by atoms with Gasteiger partial charge >= 0.3 is 0 Å². The molecule has 0 amide bonds. The highest BCUT2D eigenvalue weighted by Gasteiger charge is 2.20. The van der Waals surface area contributed by atoms with Gasteiger partial charge in [-0.15, -0.1) is 15.3 Å². The van der Waals surface area contributed by atoms with E-state index in [4.69, 9.17) is 4.98 Å². The maximum absolute atomic E-state index is 10.7. The van der Waals surface area contributed by atoms with Gasteiger partial charge in [-0.2, -0.15) is 0 Å². The van der Waals surface area contributed by atoms with Gasteiger partial charge in [-0.1, -0.05) is 87.5 Å². The standard InChI is InChI=1S/C26H28N8OS/c1-4-5-10-21-27-22-23(25(35)30-31-26(22)36-16(2)3)34(21)15-17-11-13-18(14-12-17)19-8-6-7-9-20(19)24-28-32-33-29-24/h6-9,11-14,16H,4-5,10,15H2,1-3H3,(H,30,35)(H,28,29,32,33). The van der Waals surface area contributed by atoms with Gasteiger partial charge in [-0.25, -0.2) is 10.1 Å². The third kappa shape index (κ3) is 4.81. The number of rotatable bonds is 9. The first kappa shape index (κ1) is 23.9. The van der Waals surface area contributed by atoms with Gasteiger partial charge in [0, 0.05) is 23.8 Å². The quantitative estimate of drug-likeness (QED) is 0.263. The lowest BCUT2D eigenvalue weighted by atomic mass is 9.98. The fourth-order valence-corrected chi connectivity index (χ4v) is 5.04. The van der Waals surface area contributed by atoms with Gasteiger partial charge in [-0.3, -0.25) is 0 Å². The molecule has 0 spiro atoms. The van der Waals surface area contributed by atoms with Crippen molar-refractivity contribution in [2.45, 2.75) is 56.9 Å². The van der Waals surface area contributed by atoms with Crippen molar-refractivity contribution in [3.63, 3.8) is 0 Å². The molecule has 10 heteroatoms. The SMILES string of the molecule is CCCCc1nc2c(SC(C)C)nnc(O)c2n1Cc1ccc(-c2ccccc2-c2nnn[nH]2)cc1.